The number of aryl methyl sites for hydroxylation is 1. The Labute approximate surface area is 142 Å². The van der Waals surface area contributed by atoms with Gasteiger partial charge in [0.15, 0.2) is 0 Å². The van der Waals surface area contributed by atoms with Crippen LogP contribution in [-0.2, 0) is 4.74 Å². The molecule has 1 aromatic heterocycles. The number of carbonyl (C=O) groups excluding carboxylic acids is 2. The average Bonchev–Trinajstić information content (AvgIpc) is 2.82. The van der Waals surface area contributed by atoms with Gasteiger partial charge in [0, 0.05) is 0 Å². The summed E-state index contributed by atoms with van der Waals surface area (Å²) in [6, 6.07) is 6.55. The minimum Gasteiger partial charge on any atom is -0.462 e. The largest absolute Gasteiger partial charge is 0.462 e. The minimum atomic E-state index is -0.397. The van der Waals surface area contributed by atoms with Crippen LogP contribution in [0.4, 0.5) is 5.00 Å². The summed E-state index contributed by atoms with van der Waals surface area (Å²) in [5, 5.41) is 3.76. The Hall–Kier alpha value is -1.56. The van der Waals surface area contributed by atoms with Crippen LogP contribution >= 0.6 is 34.5 Å². The Morgan fingerprint density at radius 1 is 1.32 bits per heavy atom. The summed E-state index contributed by atoms with van der Waals surface area (Å²) >= 11 is 13.1. The van der Waals surface area contributed by atoms with Gasteiger partial charge in [0.2, 0.25) is 0 Å². The Balaban J connectivity index is 2.21. The number of esters is 1. The molecule has 0 aliphatic heterocycles. The van der Waals surface area contributed by atoms with Crippen LogP contribution in [0.25, 0.3) is 0 Å². The number of nitrogens with one attached hydrogen (secondary N) is 1. The normalized spacial score (nSPS) is 10.4. The fourth-order valence-electron chi connectivity index (χ4n) is 1.80. The van der Waals surface area contributed by atoms with Gasteiger partial charge in [-0.15, -0.1) is 11.3 Å². The summed E-state index contributed by atoms with van der Waals surface area (Å²) in [6.07, 6.45) is 0. The van der Waals surface area contributed by atoms with Gasteiger partial charge < -0.3 is 10.1 Å². The maximum absolute atomic E-state index is 12.2. The van der Waals surface area contributed by atoms with Crippen molar-refractivity contribution < 1.29 is 14.3 Å². The van der Waals surface area contributed by atoms with Gasteiger partial charge >= 0.3 is 5.97 Å². The predicted octanol–water partition coefficient (Wildman–Crippen LogP) is 4.79. The number of anilines is 1. The molecule has 22 heavy (non-hydrogen) atoms. The van der Waals surface area contributed by atoms with Crippen LogP contribution in [-0.4, -0.2) is 18.5 Å². The zero-order valence-corrected chi connectivity index (χ0v) is 14.2. The fraction of sp³-hybridized carbons (Fsp3) is 0.200. The van der Waals surface area contributed by atoms with Gasteiger partial charge in [-0.2, -0.15) is 0 Å². The monoisotopic (exact) mass is 357 g/mol. The van der Waals surface area contributed by atoms with Gasteiger partial charge in [0.25, 0.3) is 5.91 Å². The predicted molar refractivity (Wildman–Crippen MR) is 89.4 cm³/mol. The van der Waals surface area contributed by atoms with Crippen molar-refractivity contribution in [3.8, 4) is 0 Å². The standard InChI is InChI=1S/C15H13Cl2NO3S/c1-3-21-15(20)13-8(2)7-11(22-13)18-14(19)9-5-4-6-10(16)12(9)17/h4-7H,3H2,1-2H3,(H,18,19). The number of thiophene rings is 1. The van der Waals surface area contributed by atoms with Crippen molar-refractivity contribution >= 4 is 51.4 Å². The molecule has 116 valence electrons. The summed E-state index contributed by atoms with van der Waals surface area (Å²) in [6.45, 7) is 3.82. The van der Waals surface area contributed by atoms with Gasteiger partial charge in [-0.3, -0.25) is 4.79 Å². The summed E-state index contributed by atoms with van der Waals surface area (Å²) < 4.78 is 4.97. The zero-order valence-electron chi connectivity index (χ0n) is 11.9. The van der Waals surface area contributed by atoms with Crippen molar-refractivity contribution in [3.05, 3.63) is 50.3 Å². The maximum atomic E-state index is 12.2. The molecule has 0 unspecified atom stereocenters. The van der Waals surface area contributed by atoms with Crippen molar-refractivity contribution in [3.63, 3.8) is 0 Å². The van der Waals surface area contributed by atoms with Gasteiger partial charge in [0.1, 0.15) is 4.88 Å². The number of hydrogen-bond donors (Lipinski definition) is 1. The molecule has 4 nitrogen and oxygen atoms in total. The van der Waals surface area contributed by atoms with E-state index in [2.05, 4.69) is 5.32 Å². The van der Waals surface area contributed by atoms with E-state index in [0.29, 0.717) is 21.5 Å². The molecule has 1 aromatic carbocycles. The molecule has 0 spiro atoms. The molecule has 1 amide bonds. The molecule has 2 aromatic rings. The highest BCUT2D eigenvalue weighted by Crippen LogP contribution is 2.30. The van der Waals surface area contributed by atoms with E-state index in [4.69, 9.17) is 27.9 Å². The second-order valence-electron chi connectivity index (χ2n) is 4.40. The summed E-state index contributed by atoms with van der Waals surface area (Å²) in [7, 11) is 0. The van der Waals surface area contributed by atoms with Crippen LogP contribution in [0.5, 0.6) is 0 Å². The van der Waals surface area contributed by atoms with Crippen LogP contribution in [0, 0.1) is 6.92 Å². The third-order valence-corrected chi connectivity index (χ3v) is 4.76. The number of amides is 1. The first-order chi connectivity index (χ1) is 10.4. The molecule has 0 saturated heterocycles. The molecule has 7 heteroatoms. The topological polar surface area (TPSA) is 55.4 Å². The smallest absolute Gasteiger partial charge is 0.348 e. The molecule has 0 aliphatic carbocycles. The van der Waals surface area contributed by atoms with Crippen molar-refractivity contribution in [2.75, 3.05) is 11.9 Å². The molecule has 2 rings (SSSR count). The fourth-order valence-corrected chi connectivity index (χ4v) is 3.15. The lowest BCUT2D eigenvalue weighted by atomic mass is 10.2. The summed E-state index contributed by atoms with van der Waals surface area (Å²) in [5.41, 5.74) is 1.02. The highest BCUT2D eigenvalue weighted by atomic mass is 35.5. The van der Waals surface area contributed by atoms with E-state index in [1.54, 1.807) is 38.1 Å². The lowest BCUT2D eigenvalue weighted by Crippen LogP contribution is -2.11. The molecule has 1 heterocycles. The first kappa shape index (κ1) is 16.8. The van der Waals surface area contributed by atoms with E-state index < -0.39 is 5.97 Å². The highest BCUT2D eigenvalue weighted by Gasteiger charge is 2.18. The van der Waals surface area contributed by atoms with Crippen LogP contribution < -0.4 is 5.32 Å². The minimum absolute atomic E-state index is 0.195. The first-order valence-corrected chi connectivity index (χ1v) is 8.04. The molecule has 0 aliphatic rings. The zero-order chi connectivity index (χ0) is 16.3. The third-order valence-electron chi connectivity index (χ3n) is 2.81. The maximum Gasteiger partial charge on any atom is 0.348 e. The van der Waals surface area contributed by atoms with E-state index in [1.807, 2.05) is 0 Å². The number of ether oxygens (including phenoxy) is 1. The summed E-state index contributed by atoms with van der Waals surface area (Å²) in [5.74, 6) is -0.782. The molecular formula is C15H13Cl2NO3S. The van der Waals surface area contributed by atoms with Crippen molar-refractivity contribution in [1.82, 2.24) is 0 Å². The number of halogens is 2. The average molecular weight is 358 g/mol. The number of hydrogen-bond acceptors (Lipinski definition) is 4. The van der Waals surface area contributed by atoms with Crippen LogP contribution in [0.3, 0.4) is 0 Å². The van der Waals surface area contributed by atoms with E-state index >= 15 is 0 Å². The lowest BCUT2D eigenvalue weighted by Gasteiger charge is -2.05. The van der Waals surface area contributed by atoms with Crippen LogP contribution in [0.2, 0.25) is 10.0 Å². The molecule has 0 radical (unpaired) electrons. The lowest BCUT2D eigenvalue weighted by molar-refractivity contribution is 0.0531. The van der Waals surface area contributed by atoms with Gasteiger partial charge in [-0.25, -0.2) is 4.79 Å². The quantitative estimate of drug-likeness (QED) is 0.800. The van der Waals surface area contributed by atoms with E-state index in [-0.39, 0.29) is 16.5 Å². The molecule has 0 saturated carbocycles. The SMILES string of the molecule is CCOC(=O)c1sc(NC(=O)c2cccc(Cl)c2Cl)cc1C. The number of rotatable bonds is 4. The highest BCUT2D eigenvalue weighted by molar-refractivity contribution is 7.18. The number of benzene rings is 1. The molecule has 1 N–H and O–H groups in total. The van der Waals surface area contributed by atoms with E-state index in [9.17, 15) is 9.59 Å². The second-order valence-corrected chi connectivity index (χ2v) is 6.24. The van der Waals surface area contributed by atoms with Gasteiger partial charge in [-0.1, -0.05) is 29.3 Å². The van der Waals surface area contributed by atoms with E-state index in [0.717, 1.165) is 16.9 Å². The molecule has 0 bridgehead atoms. The van der Waals surface area contributed by atoms with Gasteiger partial charge in [-0.05, 0) is 37.6 Å². The molecule has 0 atom stereocenters. The van der Waals surface area contributed by atoms with Gasteiger partial charge in [0.05, 0.1) is 27.2 Å². The first-order valence-electron chi connectivity index (χ1n) is 6.47. The Morgan fingerprint density at radius 3 is 2.73 bits per heavy atom. The Morgan fingerprint density at radius 2 is 2.05 bits per heavy atom. The van der Waals surface area contributed by atoms with Crippen molar-refractivity contribution in [2.45, 2.75) is 13.8 Å². The molecule has 0 fully saturated rings. The summed E-state index contributed by atoms with van der Waals surface area (Å²) in [4.78, 5) is 24.5. The molecular weight excluding hydrogens is 345 g/mol. The Bertz CT molecular complexity index is 728. The van der Waals surface area contributed by atoms with Crippen LogP contribution in [0.15, 0.2) is 24.3 Å². The van der Waals surface area contributed by atoms with Crippen molar-refractivity contribution in [2.24, 2.45) is 0 Å². The third kappa shape index (κ3) is 3.61. The number of carbonyl (C=O) groups is 2. The van der Waals surface area contributed by atoms with Crippen molar-refractivity contribution in [1.29, 1.82) is 0 Å². The Kier molecular flexibility index (Phi) is 5.45. The van der Waals surface area contributed by atoms with Crippen LogP contribution in [0.1, 0.15) is 32.5 Å². The van der Waals surface area contributed by atoms with E-state index in [1.165, 1.54) is 0 Å². The second kappa shape index (κ2) is 7.13.